The first kappa shape index (κ1) is 23.4. The molecule has 148 valence electrons. The van der Waals surface area contributed by atoms with Gasteiger partial charge in [0.15, 0.2) is 5.96 Å². The van der Waals surface area contributed by atoms with Crippen molar-refractivity contribution in [2.24, 2.45) is 4.99 Å². The highest BCUT2D eigenvalue weighted by Gasteiger charge is 2.23. The average molecular weight is 560 g/mol. The van der Waals surface area contributed by atoms with E-state index in [1.54, 1.807) is 0 Å². The fourth-order valence-corrected chi connectivity index (χ4v) is 3.40. The molecule has 1 aliphatic rings. The van der Waals surface area contributed by atoms with Crippen LogP contribution in [0.5, 0.6) is 0 Å². The summed E-state index contributed by atoms with van der Waals surface area (Å²) in [6.45, 7) is 5.36. The van der Waals surface area contributed by atoms with Crippen LogP contribution in [0.4, 0.5) is 5.69 Å². The highest BCUT2D eigenvalue weighted by Crippen LogP contribution is 2.22. The zero-order valence-electron chi connectivity index (χ0n) is 15.0. The van der Waals surface area contributed by atoms with Crippen LogP contribution in [0.1, 0.15) is 13.3 Å². The second kappa shape index (κ2) is 11.3. The zero-order valence-corrected chi connectivity index (χ0v) is 19.8. The molecular formula is C16H27BrIN5O2S. The Bertz CT molecular complexity index is 684. The van der Waals surface area contributed by atoms with Gasteiger partial charge in [0.1, 0.15) is 0 Å². The lowest BCUT2D eigenvalue weighted by Crippen LogP contribution is -2.45. The van der Waals surface area contributed by atoms with Gasteiger partial charge in [-0.25, -0.2) is 13.1 Å². The number of benzene rings is 1. The number of halogens is 2. The molecule has 3 N–H and O–H groups in total. The first-order chi connectivity index (χ1) is 11.9. The molecule has 2 rings (SSSR count). The number of hydrogen-bond donors (Lipinski definition) is 3. The Kier molecular flexibility index (Phi) is 10.2. The number of aliphatic imine (C=N–C) groups is 1. The van der Waals surface area contributed by atoms with E-state index in [2.05, 4.69) is 65.4 Å². The van der Waals surface area contributed by atoms with Gasteiger partial charge in [0, 0.05) is 42.4 Å². The molecule has 10 heteroatoms. The van der Waals surface area contributed by atoms with Crippen molar-refractivity contribution >= 4 is 61.6 Å². The van der Waals surface area contributed by atoms with Gasteiger partial charge in [0.25, 0.3) is 0 Å². The molecule has 1 unspecified atom stereocenters. The van der Waals surface area contributed by atoms with Crippen LogP contribution in [0, 0.1) is 0 Å². The van der Waals surface area contributed by atoms with E-state index >= 15 is 0 Å². The molecule has 7 nitrogen and oxygen atoms in total. The summed E-state index contributed by atoms with van der Waals surface area (Å²) >= 11 is 3.46. The van der Waals surface area contributed by atoms with E-state index in [1.165, 1.54) is 5.69 Å². The number of anilines is 1. The van der Waals surface area contributed by atoms with E-state index < -0.39 is 10.0 Å². The van der Waals surface area contributed by atoms with Crippen molar-refractivity contribution in [1.82, 2.24) is 15.4 Å². The molecule has 0 aliphatic carbocycles. The van der Waals surface area contributed by atoms with E-state index in [9.17, 15) is 8.42 Å². The maximum Gasteiger partial charge on any atom is 0.208 e. The molecule has 1 aliphatic heterocycles. The molecule has 1 atom stereocenters. The number of hydrogen-bond acceptors (Lipinski definition) is 4. The summed E-state index contributed by atoms with van der Waals surface area (Å²) in [4.78, 5) is 6.78. The van der Waals surface area contributed by atoms with Crippen molar-refractivity contribution in [1.29, 1.82) is 0 Å². The van der Waals surface area contributed by atoms with Gasteiger partial charge in [-0.1, -0.05) is 15.9 Å². The van der Waals surface area contributed by atoms with Gasteiger partial charge in [0.05, 0.1) is 12.8 Å². The fourth-order valence-electron chi connectivity index (χ4n) is 2.68. The first-order valence-corrected chi connectivity index (χ1v) is 11.1. The van der Waals surface area contributed by atoms with Crippen LogP contribution in [0.3, 0.4) is 0 Å². The van der Waals surface area contributed by atoms with Crippen molar-refractivity contribution in [3.63, 3.8) is 0 Å². The monoisotopic (exact) mass is 559 g/mol. The van der Waals surface area contributed by atoms with E-state index in [-0.39, 0.29) is 24.0 Å². The van der Waals surface area contributed by atoms with Crippen LogP contribution in [0.25, 0.3) is 0 Å². The third-order valence-electron chi connectivity index (χ3n) is 3.81. The summed E-state index contributed by atoms with van der Waals surface area (Å²) in [6, 6.07) is 8.64. The Morgan fingerprint density at radius 2 is 2.04 bits per heavy atom. The minimum atomic E-state index is -3.17. The molecule has 0 radical (unpaired) electrons. The summed E-state index contributed by atoms with van der Waals surface area (Å²) in [7, 11) is -3.17. The Labute approximate surface area is 181 Å². The van der Waals surface area contributed by atoms with Gasteiger partial charge in [0.2, 0.25) is 10.0 Å². The van der Waals surface area contributed by atoms with Gasteiger partial charge in [-0.15, -0.1) is 24.0 Å². The first-order valence-electron chi connectivity index (χ1n) is 8.37. The SMILES string of the molecule is CCNC(=NCCNS(C)(=O)=O)NC1CCN(c2ccc(Br)cc2)C1.I. The summed E-state index contributed by atoms with van der Waals surface area (Å²) in [5.74, 6) is 0.723. The quantitative estimate of drug-likeness (QED) is 0.205. The Hall–Kier alpha value is -0.590. The fraction of sp³-hybridized carbons (Fsp3) is 0.562. The zero-order chi connectivity index (χ0) is 18.3. The van der Waals surface area contributed by atoms with Crippen LogP contribution in [0.15, 0.2) is 33.7 Å². The van der Waals surface area contributed by atoms with Crippen molar-refractivity contribution in [3.8, 4) is 0 Å². The minimum absolute atomic E-state index is 0. The maximum absolute atomic E-state index is 11.1. The van der Waals surface area contributed by atoms with E-state index in [0.29, 0.717) is 19.1 Å². The van der Waals surface area contributed by atoms with Gasteiger partial charge < -0.3 is 15.5 Å². The van der Waals surface area contributed by atoms with Crippen molar-refractivity contribution in [2.75, 3.05) is 43.9 Å². The molecule has 0 saturated carbocycles. The summed E-state index contributed by atoms with van der Waals surface area (Å²) in [5.41, 5.74) is 1.21. The number of rotatable bonds is 7. The lowest BCUT2D eigenvalue weighted by molar-refractivity contribution is 0.588. The maximum atomic E-state index is 11.1. The molecule has 1 fully saturated rings. The van der Waals surface area contributed by atoms with Crippen molar-refractivity contribution in [3.05, 3.63) is 28.7 Å². The van der Waals surface area contributed by atoms with Crippen LogP contribution in [0.2, 0.25) is 0 Å². The molecule has 0 spiro atoms. The largest absolute Gasteiger partial charge is 0.369 e. The van der Waals surface area contributed by atoms with E-state index in [1.807, 2.05) is 6.92 Å². The lowest BCUT2D eigenvalue weighted by Gasteiger charge is -2.20. The molecule has 26 heavy (non-hydrogen) atoms. The van der Waals surface area contributed by atoms with E-state index in [4.69, 9.17) is 0 Å². The smallest absolute Gasteiger partial charge is 0.208 e. The van der Waals surface area contributed by atoms with Crippen molar-refractivity contribution < 1.29 is 8.42 Å². The van der Waals surface area contributed by atoms with Crippen LogP contribution in [-0.4, -0.2) is 59.4 Å². The van der Waals surface area contributed by atoms with Gasteiger partial charge in [-0.3, -0.25) is 4.99 Å². The minimum Gasteiger partial charge on any atom is -0.369 e. The summed E-state index contributed by atoms with van der Waals surface area (Å²) in [6.07, 6.45) is 2.18. The Morgan fingerprint density at radius 1 is 1.35 bits per heavy atom. The number of guanidine groups is 1. The average Bonchev–Trinajstić information content (AvgIpc) is 3.00. The molecular weight excluding hydrogens is 533 g/mol. The topological polar surface area (TPSA) is 85.8 Å². The van der Waals surface area contributed by atoms with Crippen LogP contribution in [-0.2, 0) is 10.0 Å². The summed E-state index contributed by atoms with van der Waals surface area (Å²) < 4.78 is 25.7. The molecule has 1 aromatic rings. The molecule has 0 bridgehead atoms. The lowest BCUT2D eigenvalue weighted by atomic mass is 10.3. The number of nitrogens with one attached hydrogen (secondary N) is 3. The predicted octanol–water partition coefficient (Wildman–Crippen LogP) is 1.75. The van der Waals surface area contributed by atoms with Crippen LogP contribution >= 0.6 is 39.9 Å². The van der Waals surface area contributed by atoms with Crippen molar-refractivity contribution in [2.45, 2.75) is 19.4 Å². The van der Waals surface area contributed by atoms with Gasteiger partial charge >= 0.3 is 0 Å². The molecule has 0 amide bonds. The van der Waals surface area contributed by atoms with Crippen LogP contribution < -0.4 is 20.3 Å². The normalized spacial score (nSPS) is 17.7. The predicted molar refractivity (Wildman–Crippen MR) is 122 cm³/mol. The van der Waals surface area contributed by atoms with E-state index in [0.717, 1.165) is 42.7 Å². The number of sulfonamides is 1. The summed E-state index contributed by atoms with van der Waals surface area (Å²) in [5, 5.41) is 6.64. The second-order valence-corrected chi connectivity index (χ2v) is 8.73. The second-order valence-electron chi connectivity index (χ2n) is 5.98. The standard InChI is InChI=1S/C16H26BrN5O2S.HI/c1-3-18-16(19-9-10-20-25(2,23)24)21-14-8-11-22(12-14)15-6-4-13(17)5-7-15;/h4-7,14,20H,3,8-12H2,1-2H3,(H2,18,19,21);1H. The Balaban J connectivity index is 0.00000338. The third kappa shape index (κ3) is 8.40. The highest BCUT2D eigenvalue weighted by atomic mass is 127. The molecule has 1 saturated heterocycles. The third-order valence-corrected chi connectivity index (χ3v) is 5.07. The molecule has 1 heterocycles. The number of nitrogens with zero attached hydrogens (tertiary/aromatic N) is 2. The van der Waals surface area contributed by atoms with Gasteiger partial charge in [-0.05, 0) is 37.6 Å². The highest BCUT2D eigenvalue weighted by molar-refractivity contribution is 14.0. The van der Waals surface area contributed by atoms with Gasteiger partial charge in [-0.2, -0.15) is 0 Å². The molecule has 0 aromatic heterocycles. The Morgan fingerprint density at radius 3 is 2.65 bits per heavy atom. The molecule has 1 aromatic carbocycles.